The van der Waals surface area contributed by atoms with Crippen LogP contribution in [0.25, 0.3) is 21.3 Å². The summed E-state index contributed by atoms with van der Waals surface area (Å²) < 4.78 is 7.28. The van der Waals surface area contributed by atoms with Crippen molar-refractivity contribution in [2.24, 2.45) is 0 Å². The summed E-state index contributed by atoms with van der Waals surface area (Å²) in [6.45, 7) is 6.79. The predicted molar refractivity (Wildman–Crippen MR) is 120 cm³/mol. The maximum Gasteiger partial charge on any atom is 0.263 e. The molecular formula is C23H29N3O2S. The maximum absolute atomic E-state index is 13.8. The Kier molecular flexibility index (Phi) is 5.86. The standard InChI is InChI=1S/C23H29N3O2S/c1-15-5-6-18(16(2)13-15)19-14-29-22-21(19)23(27)26(20(24-22)9-12-28-4)17-7-10-25(3)11-8-17/h5-6,13-14,17H,7-12H2,1-4H3. The number of aryl methyl sites for hydroxylation is 2. The van der Waals surface area contributed by atoms with Crippen molar-refractivity contribution in [1.82, 2.24) is 14.5 Å². The zero-order valence-corrected chi connectivity index (χ0v) is 18.5. The summed E-state index contributed by atoms with van der Waals surface area (Å²) >= 11 is 1.57. The molecule has 6 heteroatoms. The minimum atomic E-state index is 0.104. The van der Waals surface area contributed by atoms with Gasteiger partial charge in [-0.3, -0.25) is 9.36 Å². The molecule has 0 atom stereocenters. The molecule has 1 aromatic carbocycles. The summed E-state index contributed by atoms with van der Waals surface area (Å²) in [5.74, 6) is 0.855. The van der Waals surface area contributed by atoms with Crippen molar-refractivity contribution >= 4 is 21.6 Å². The van der Waals surface area contributed by atoms with E-state index in [0.717, 1.165) is 53.1 Å². The Hall–Kier alpha value is -2.02. The number of fused-ring (bicyclic) bond motifs is 1. The number of likely N-dealkylation sites (tertiary alicyclic amines) is 1. The summed E-state index contributed by atoms with van der Waals surface area (Å²) in [7, 11) is 3.84. The second-order valence-electron chi connectivity index (χ2n) is 8.13. The largest absolute Gasteiger partial charge is 0.384 e. The lowest BCUT2D eigenvalue weighted by Crippen LogP contribution is -2.37. The molecule has 4 rings (SSSR count). The van der Waals surface area contributed by atoms with Gasteiger partial charge in [-0.2, -0.15) is 0 Å². The molecule has 0 radical (unpaired) electrons. The van der Waals surface area contributed by atoms with Crippen LogP contribution in [0.1, 0.15) is 35.8 Å². The first-order chi connectivity index (χ1) is 14.0. The van der Waals surface area contributed by atoms with Crippen molar-refractivity contribution in [2.45, 2.75) is 39.2 Å². The van der Waals surface area contributed by atoms with Gasteiger partial charge in [0.05, 0.1) is 12.0 Å². The number of hydrogen-bond acceptors (Lipinski definition) is 5. The van der Waals surface area contributed by atoms with Gasteiger partial charge in [-0.05, 0) is 58.0 Å². The lowest BCUT2D eigenvalue weighted by atomic mass is 9.99. The normalized spacial score (nSPS) is 16.0. The number of rotatable bonds is 5. The highest BCUT2D eigenvalue weighted by Gasteiger charge is 2.25. The third kappa shape index (κ3) is 3.89. The first kappa shape index (κ1) is 20.3. The number of benzene rings is 1. The minimum Gasteiger partial charge on any atom is -0.384 e. The average Bonchev–Trinajstić information content (AvgIpc) is 3.11. The Morgan fingerprint density at radius 1 is 1.21 bits per heavy atom. The number of piperidine rings is 1. The molecule has 1 fully saturated rings. The van der Waals surface area contributed by atoms with E-state index in [4.69, 9.17) is 9.72 Å². The smallest absolute Gasteiger partial charge is 0.263 e. The zero-order chi connectivity index (χ0) is 20.5. The topological polar surface area (TPSA) is 47.4 Å². The van der Waals surface area contributed by atoms with Gasteiger partial charge >= 0.3 is 0 Å². The Bertz CT molecular complexity index is 1080. The second-order valence-corrected chi connectivity index (χ2v) is 8.99. The van der Waals surface area contributed by atoms with Gasteiger partial charge < -0.3 is 9.64 Å². The molecule has 2 aromatic heterocycles. The van der Waals surface area contributed by atoms with Crippen LogP contribution in [-0.4, -0.2) is 48.3 Å². The highest BCUT2D eigenvalue weighted by atomic mass is 32.1. The molecule has 0 spiro atoms. The summed E-state index contributed by atoms with van der Waals surface area (Å²) in [6, 6.07) is 6.62. The summed E-state index contributed by atoms with van der Waals surface area (Å²) in [4.78, 5) is 21.9. The van der Waals surface area contributed by atoms with Crippen LogP contribution in [0.5, 0.6) is 0 Å². The number of hydrogen-bond donors (Lipinski definition) is 0. The van der Waals surface area contributed by atoms with E-state index in [1.54, 1.807) is 18.4 Å². The fourth-order valence-electron chi connectivity index (χ4n) is 4.36. The molecule has 3 aromatic rings. The van der Waals surface area contributed by atoms with Crippen molar-refractivity contribution in [1.29, 1.82) is 0 Å². The van der Waals surface area contributed by atoms with Gasteiger partial charge in [-0.25, -0.2) is 4.98 Å². The number of ether oxygens (including phenoxy) is 1. The van der Waals surface area contributed by atoms with Gasteiger partial charge in [0.25, 0.3) is 5.56 Å². The van der Waals surface area contributed by atoms with Gasteiger partial charge in [-0.1, -0.05) is 23.8 Å². The monoisotopic (exact) mass is 411 g/mol. The molecule has 0 aliphatic carbocycles. The van der Waals surface area contributed by atoms with E-state index in [0.29, 0.717) is 13.0 Å². The van der Waals surface area contributed by atoms with Crippen LogP contribution in [0.2, 0.25) is 0 Å². The third-order valence-corrected chi connectivity index (χ3v) is 6.84. The maximum atomic E-state index is 13.8. The molecule has 154 valence electrons. The van der Waals surface area contributed by atoms with E-state index in [9.17, 15) is 4.79 Å². The highest BCUT2D eigenvalue weighted by Crippen LogP contribution is 2.34. The molecule has 1 saturated heterocycles. The van der Waals surface area contributed by atoms with E-state index in [1.165, 1.54) is 11.1 Å². The zero-order valence-electron chi connectivity index (χ0n) is 17.7. The molecule has 29 heavy (non-hydrogen) atoms. The first-order valence-electron chi connectivity index (χ1n) is 10.3. The number of thiophene rings is 1. The SMILES string of the molecule is COCCc1nc2scc(-c3ccc(C)cc3C)c2c(=O)n1C1CCN(C)CC1. The van der Waals surface area contributed by atoms with Gasteiger partial charge in [0.1, 0.15) is 10.7 Å². The summed E-state index contributed by atoms with van der Waals surface area (Å²) in [5, 5.41) is 2.86. The molecule has 0 amide bonds. The molecule has 1 aliphatic rings. The van der Waals surface area contributed by atoms with Crippen molar-refractivity contribution < 1.29 is 4.74 Å². The minimum absolute atomic E-state index is 0.104. The van der Waals surface area contributed by atoms with E-state index in [-0.39, 0.29) is 11.6 Å². The number of methoxy groups -OCH3 is 1. The molecular weight excluding hydrogens is 382 g/mol. The lowest BCUT2D eigenvalue weighted by molar-refractivity contribution is 0.191. The second kappa shape index (κ2) is 8.38. The van der Waals surface area contributed by atoms with Crippen molar-refractivity contribution in [3.63, 3.8) is 0 Å². The fraction of sp³-hybridized carbons (Fsp3) is 0.478. The van der Waals surface area contributed by atoms with Gasteiger partial charge in [0, 0.05) is 30.5 Å². The van der Waals surface area contributed by atoms with Crippen LogP contribution in [0.4, 0.5) is 0 Å². The summed E-state index contributed by atoms with van der Waals surface area (Å²) in [6.07, 6.45) is 2.62. The van der Waals surface area contributed by atoms with Crippen LogP contribution in [-0.2, 0) is 11.2 Å². The quantitative estimate of drug-likeness (QED) is 0.631. The Labute approximate surface area is 176 Å². The molecule has 1 aliphatic heterocycles. The Balaban J connectivity index is 1.89. The van der Waals surface area contributed by atoms with Crippen molar-refractivity contribution in [3.8, 4) is 11.1 Å². The van der Waals surface area contributed by atoms with Crippen molar-refractivity contribution in [2.75, 3.05) is 33.9 Å². The van der Waals surface area contributed by atoms with E-state index < -0.39 is 0 Å². The van der Waals surface area contributed by atoms with E-state index in [2.05, 4.69) is 49.4 Å². The summed E-state index contributed by atoms with van der Waals surface area (Å²) in [5.41, 5.74) is 4.67. The number of nitrogens with zero attached hydrogens (tertiary/aromatic N) is 3. The fourth-order valence-corrected chi connectivity index (χ4v) is 5.31. The highest BCUT2D eigenvalue weighted by molar-refractivity contribution is 7.17. The van der Waals surface area contributed by atoms with Gasteiger partial charge in [0.15, 0.2) is 0 Å². The van der Waals surface area contributed by atoms with E-state index >= 15 is 0 Å². The van der Waals surface area contributed by atoms with Crippen LogP contribution in [0, 0.1) is 13.8 Å². The van der Waals surface area contributed by atoms with Crippen LogP contribution >= 0.6 is 11.3 Å². The van der Waals surface area contributed by atoms with Gasteiger partial charge in [0.2, 0.25) is 0 Å². The van der Waals surface area contributed by atoms with Crippen LogP contribution < -0.4 is 5.56 Å². The Morgan fingerprint density at radius 2 is 1.97 bits per heavy atom. The lowest BCUT2D eigenvalue weighted by Gasteiger charge is -2.31. The van der Waals surface area contributed by atoms with Crippen LogP contribution in [0.15, 0.2) is 28.4 Å². The average molecular weight is 412 g/mol. The Morgan fingerprint density at radius 3 is 2.66 bits per heavy atom. The molecule has 0 N–H and O–H groups in total. The van der Waals surface area contributed by atoms with Crippen LogP contribution in [0.3, 0.4) is 0 Å². The molecule has 0 unspecified atom stereocenters. The molecule has 0 bridgehead atoms. The van der Waals surface area contributed by atoms with Gasteiger partial charge in [-0.15, -0.1) is 11.3 Å². The number of aromatic nitrogens is 2. The molecule has 5 nitrogen and oxygen atoms in total. The predicted octanol–water partition coefficient (Wildman–Crippen LogP) is 4.20. The molecule has 0 saturated carbocycles. The first-order valence-corrected chi connectivity index (χ1v) is 11.1. The third-order valence-electron chi connectivity index (χ3n) is 5.97. The molecule has 3 heterocycles. The van der Waals surface area contributed by atoms with Crippen molar-refractivity contribution in [3.05, 3.63) is 50.9 Å². The van der Waals surface area contributed by atoms with E-state index in [1.807, 2.05) is 4.57 Å².